The maximum atomic E-state index is 13.7. The van der Waals surface area contributed by atoms with Gasteiger partial charge >= 0.3 is 12.4 Å². The molecule has 1 N–H and O–H groups in total. The molecule has 4 rings (SSSR count). The van der Waals surface area contributed by atoms with E-state index in [1.165, 1.54) is 4.90 Å². The lowest BCUT2D eigenvalue weighted by atomic mass is 9.89. The van der Waals surface area contributed by atoms with E-state index in [-0.39, 0.29) is 30.6 Å². The molecule has 0 aromatic heterocycles. The number of alkyl halides is 6. The van der Waals surface area contributed by atoms with E-state index in [1.807, 2.05) is 0 Å². The first-order valence-corrected chi connectivity index (χ1v) is 11.9. The Bertz CT molecular complexity index is 1250. The first-order valence-electron chi connectivity index (χ1n) is 11.9. The molecule has 3 aromatic rings. The Morgan fingerprint density at radius 1 is 0.921 bits per heavy atom. The number of aryl methyl sites for hydroxylation is 1. The number of amides is 1. The van der Waals surface area contributed by atoms with Crippen molar-refractivity contribution in [2.75, 3.05) is 11.4 Å². The van der Waals surface area contributed by atoms with Crippen LogP contribution in [0.3, 0.4) is 0 Å². The van der Waals surface area contributed by atoms with Crippen molar-refractivity contribution in [3.8, 4) is 5.75 Å². The zero-order valence-corrected chi connectivity index (χ0v) is 20.3. The molecule has 0 radical (unpaired) electrons. The van der Waals surface area contributed by atoms with Gasteiger partial charge in [-0.25, -0.2) is 0 Å². The summed E-state index contributed by atoms with van der Waals surface area (Å²) in [7, 11) is 0. The number of anilines is 1. The number of halogens is 6. The highest BCUT2D eigenvalue weighted by molar-refractivity contribution is 5.98. The highest BCUT2D eigenvalue weighted by atomic mass is 19.4. The van der Waals surface area contributed by atoms with Crippen molar-refractivity contribution >= 4 is 11.6 Å². The molecule has 1 heterocycles. The fourth-order valence-electron chi connectivity index (χ4n) is 4.59. The van der Waals surface area contributed by atoms with E-state index in [4.69, 9.17) is 4.74 Å². The van der Waals surface area contributed by atoms with Gasteiger partial charge in [0.15, 0.2) is 0 Å². The van der Waals surface area contributed by atoms with Crippen LogP contribution in [0, 0.1) is 0 Å². The molecule has 0 spiro atoms. The molecule has 0 saturated carbocycles. The molecular weight excluding hydrogens is 512 g/mol. The average Bonchev–Trinajstić information content (AvgIpc) is 3.06. The number of aliphatic hydroxyl groups is 1. The number of carbonyl (C=O) groups excluding carboxylic acids is 1. The molecule has 0 unspecified atom stereocenters. The smallest absolute Gasteiger partial charge is 0.430 e. The number of ether oxygens (including phenoxy) is 1. The maximum Gasteiger partial charge on any atom is 0.430 e. The van der Waals surface area contributed by atoms with Crippen LogP contribution in [0.4, 0.5) is 32.0 Å². The molecule has 1 aliphatic heterocycles. The van der Waals surface area contributed by atoms with E-state index in [0.717, 1.165) is 6.07 Å². The Morgan fingerprint density at radius 3 is 2.08 bits per heavy atom. The lowest BCUT2D eigenvalue weighted by Gasteiger charge is -2.34. The third kappa shape index (κ3) is 5.22. The van der Waals surface area contributed by atoms with Crippen molar-refractivity contribution in [2.45, 2.75) is 49.7 Å². The lowest BCUT2D eigenvalue weighted by Crippen LogP contribution is -2.54. The zero-order chi connectivity index (χ0) is 27.7. The van der Waals surface area contributed by atoms with Crippen LogP contribution < -0.4 is 9.64 Å². The van der Waals surface area contributed by atoms with Crippen molar-refractivity contribution < 1.29 is 41.0 Å². The summed E-state index contributed by atoms with van der Waals surface area (Å²) in [5.41, 5.74) is -5.48. The predicted octanol–water partition coefficient (Wildman–Crippen LogP) is 6.53. The summed E-state index contributed by atoms with van der Waals surface area (Å²) >= 11 is 0. The van der Waals surface area contributed by atoms with E-state index in [9.17, 15) is 36.2 Å². The van der Waals surface area contributed by atoms with Crippen molar-refractivity contribution in [3.63, 3.8) is 0 Å². The second-order valence-electron chi connectivity index (χ2n) is 9.22. The van der Waals surface area contributed by atoms with E-state index in [0.29, 0.717) is 23.4 Å². The van der Waals surface area contributed by atoms with Gasteiger partial charge in [-0.2, -0.15) is 26.3 Å². The minimum atomic E-state index is -6.01. The lowest BCUT2D eigenvalue weighted by molar-refractivity contribution is -0.376. The zero-order valence-electron chi connectivity index (χ0n) is 20.3. The van der Waals surface area contributed by atoms with Gasteiger partial charge in [-0.3, -0.25) is 4.79 Å². The molecule has 0 saturated heterocycles. The molecule has 2 atom stereocenters. The SMILES string of the molecule is C[C@H](C(=O)N1C[C@H](Oc2ccccc2)CCc2cc(C(O)(C(F)(F)F)C(F)(F)F)ccc21)c1ccccc1. The van der Waals surface area contributed by atoms with E-state index in [1.54, 1.807) is 67.6 Å². The van der Waals surface area contributed by atoms with Gasteiger partial charge < -0.3 is 14.7 Å². The number of hydrogen-bond acceptors (Lipinski definition) is 3. The van der Waals surface area contributed by atoms with Crippen molar-refractivity contribution in [1.82, 2.24) is 0 Å². The molecule has 10 heteroatoms. The molecule has 1 amide bonds. The van der Waals surface area contributed by atoms with E-state index < -0.39 is 41.4 Å². The quantitative estimate of drug-likeness (QED) is 0.377. The molecule has 202 valence electrons. The molecule has 38 heavy (non-hydrogen) atoms. The third-order valence-electron chi connectivity index (χ3n) is 6.71. The average molecular weight is 538 g/mol. The first-order chi connectivity index (χ1) is 17.8. The summed E-state index contributed by atoms with van der Waals surface area (Å²) in [5, 5.41) is 9.93. The van der Waals surface area contributed by atoms with Crippen LogP contribution in [-0.4, -0.2) is 36.0 Å². The van der Waals surface area contributed by atoms with Crippen LogP contribution in [0.1, 0.15) is 36.0 Å². The topological polar surface area (TPSA) is 49.8 Å². The van der Waals surface area contributed by atoms with E-state index >= 15 is 0 Å². The third-order valence-corrected chi connectivity index (χ3v) is 6.71. The standard InChI is InChI=1S/C28H25F6NO3/c1-18(19-8-4-2-5-9-19)25(36)35-17-23(38-22-10-6-3-7-11-22)14-12-20-16-21(13-15-24(20)35)26(37,27(29,30)31)28(32,33)34/h2-11,13,15-16,18,23,37H,12,14,17H2,1H3/t18-,23+/m0/s1. The number of para-hydroxylation sites is 1. The number of benzene rings is 3. The first kappa shape index (κ1) is 27.5. The normalized spacial score (nSPS) is 17.4. The van der Waals surface area contributed by atoms with Gasteiger partial charge in [0.2, 0.25) is 5.91 Å². The molecule has 1 aliphatic rings. The van der Waals surface area contributed by atoms with Gasteiger partial charge in [0.1, 0.15) is 11.9 Å². The second-order valence-corrected chi connectivity index (χ2v) is 9.22. The van der Waals surface area contributed by atoms with Gasteiger partial charge in [0.05, 0.1) is 12.5 Å². The van der Waals surface area contributed by atoms with Gasteiger partial charge in [-0.05, 0) is 49.1 Å². The van der Waals surface area contributed by atoms with Crippen LogP contribution >= 0.6 is 0 Å². The van der Waals surface area contributed by atoms with Gasteiger partial charge in [0.25, 0.3) is 5.60 Å². The van der Waals surface area contributed by atoms with Crippen LogP contribution in [0.5, 0.6) is 5.75 Å². The van der Waals surface area contributed by atoms with Gasteiger partial charge in [0, 0.05) is 11.3 Å². The highest BCUT2D eigenvalue weighted by Crippen LogP contribution is 2.50. The second kappa shape index (κ2) is 10.3. The molecule has 3 aromatic carbocycles. The number of nitrogens with zero attached hydrogens (tertiary/aromatic N) is 1. The Morgan fingerprint density at radius 2 is 1.50 bits per heavy atom. The summed E-state index contributed by atoms with van der Waals surface area (Å²) in [6, 6.07) is 19.8. The maximum absolute atomic E-state index is 13.7. The van der Waals surface area contributed by atoms with Crippen LogP contribution in [0.15, 0.2) is 78.9 Å². The molecular formula is C28H25F6NO3. The summed E-state index contributed by atoms with van der Waals surface area (Å²) in [6.45, 7) is 1.70. The summed E-state index contributed by atoms with van der Waals surface area (Å²) < 4.78 is 87.3. The van der Waals surface area contributed by atoms with Crippen LogP contribution in [0.2, 0.25) is 0 Å². The monoisotopic (exact) mass is 537 g/mol. The molecule has 0 fully saturated rings. The van der Waals surface area contributed by atoms with Crippen molar-refractivity contribution in [2.24, 2.45) is 0 Å². The largest absolute Gasteiger partial charge is 0.489 e. The minimum Gasteiger partial charge on any atom is -0.489 e. The fourth-order valence-corrected chi connectivity index (χ4v) is 4.59. The van der Waals surface area contributed by atoms with Crippen molar-refractivity contribution in [1.29, 1.82) is 0 Å². The highest BCUT2D eigenvalue weighted by Gasteiger charge is 2.71. The molecule has 4 nitrogen and oxygen atoms in total. The van der Waals surface area contributed by atoms with Crippen LogP contribution in [-0.2, 0) is 16.8 Å². The number of rotatable bonds is 5. The Hall–Kier alpha value is -3.53. The van der Waals surface area contributed by atoms with E-state index in [2.05, 4.69) is 0 Å². The fraction of sp³-hybridized carbons (Fsp3) is 0.321. The number of fused-ring (bicyclic) bond motifs is 1. The van der Waals surface area contributed by atoms with Gasteiger partial charge in [-0.1, -0.05) is 60.7 Å². The predicted molar refractivity (Wildman–Crippen MR) is 129 cm³/mol. The summed E-state index contributed by atoms with van der Waals surface area (Å²) in [5.74, 6) is -0.534. The Labute approximate surface area is 215 Å². The number of carbonyl (C=O) groups is 1. The van der Waals surface area contributed by atoms with Crippen molar-refractivity contribution in [3.05, 3.63) is 95.6 Å². The summed E-state index contributed by atoms with van der Waals surface area (Å²) in [4.78, 5) is 15.0. The Kier molecular flexibility index (Phi) is 7.47. The number of hydrogen-bond donors (Lipinski definition) is 1. The molecule has 0 bridgehead atoms. The van der Waals surface area contributed by atoms with Gasteiger partial charge in [-0.15, -0.1) is 0 Å². The van der Waals surface area contributed by atoms with Crippen LogP contribution in [0.25, 0.3) is 0 Å². The molecule has 0 aliphatic carbocycles. The summed E-state index contributed by atoms with van der Waals surface area (Å²) in [6.07, 6.45) is -12.4. The Balaban J connectivity index is 1.77. The minimum absolute atomic E-state index is 0.0238.